The molecule has 1 saturated heterocycles. The SMILES string of the molecule is CC(C)=C/C=C\C(C)CC1CC(C)CCO1. The highest BCUT2D eigenvalue weighted by atomic mass is 16.5. The Kier molecular flexibility index (Phi) is 5.83. The van der Waals surface area contributed by atoms with Gasteiger partial charge in [0.15, 0.2) is 0 Å². The summed E-state index contributed by atoms with van der Waals surface area (Å²) in [6.45, 7) is 9.81. The van der Waals surface area contributed by atoms with Crippen LogP contribution in [0.25, 0.3) is 0 Å². The minimum Gasteiger partial charge on any atom is -0.378 e. The fourth-order valence-corrected chi connectivity index (χ4v) is 2.17. The average Bonchev–Trinajstić information content (AvgIpc) is 2.16. The molecule has 0 aliphatic carbocycles. The van der Waals surface area contributed by atoms with Crippen LogP contribution in [-0.2, 0) is 4.74 Å². The summed E-state index contributed by atoms with van der Waals surface area (Å²) in [5, 5.41) is 0. The Balaban J connectivity index is 2.30. The lowest BCUT2D eigenvalue weighted by Crippen LogP contribution is -2.25. The topological polar surface area (TPSA) is 9.23 Å². The average molecular weight is 222 g/mol. The van der Waals surface area contributed by atoms with Crippen LogP contribution in [0.1, 0.15) is 47.0 Å². The summed E-state index contributed by atoms with van der Waals surface area (Å²) >= 11 is 0. The predicted molar refractivity (Wildman–Crippen MR) is 70.5 cm³/mol. The number of rotatable bonds is 4. The van der Waals surface area contributed by atoms with Crippen molar-refractivity contribution in [3.8, 4) is 0 Å². The first-order chi connectivity index (χ1) is 7.58. The highest BCUT2D eigenvalue weighted by Gasteiger charge is 2.20. The van der Waals surface area contributed by atoms with E-state index >= 15 is 0 Å². The minimum atomic E-state index is 0.482. The molecule has 1 fully saturated rings. The smallest absolute Gasteiger partial charge is 0.0583 e. The molecule has 0 N–H and O–H groups in total. The second kappa shape index (κ2) is 6.90. The molecule has 1 nitrogen and oxygen atoms in total. The summed E-state index contributed by atoms with van der Waals surface area (Å²) in [4.78, 5) is 0. The van der Waals surface area contributed by atoms with Crippen molar-refractivity contribution in [1.29, 1.82) is 0 Å². The first-order valence-corrected chi connectivity index (χ1v) is 6.51. The van der Waals surface area contributed by atoms with Crippen LogP contribution in [0.5, 0.6) is 0 Å². The maximum atomic E-state index is 5.80. The normalized spacial score (nSPS) is 28.0. The summed E-state index contributed by atoms with van der Waals surface area (Å²) in [5.74, 6) is 1.46. The van der Waals surface area contributed by atoms with E-state index in [0.29, 0.717) is 12.0 Å². The van der Waals surface area contributed by atoms with E-state index in [9.17, 15) is 0 Å². The zero-order chi connectivity index (χ0) is 12.0. The van der Waals surface area contributed by atoms with Gasteiger partial charge >= 0.3 is 0 Å². The molecule has 0 aromatic heterocycles. The third kappa shape index (κ3) is 5.50. The van der Waals surface area contributed by atoms with Gasteiger partial charge < -0.3 is 4.74 Å². The van der Waals surface area contributed by atoms with Crippen LogP contribution in [0.15, 0.2) is 23.8 Å². The number of ether oxygens (including phenoxy) is 1. The van der Waals surface area contributed by atoms with E-state index in [1.54, 1.807) is 0 Å². The summed E-state index contributed by atoms with van der Waals surface area (Å²) < 4.78 is 5.80. The van der Waals surface area contributed by atoms with Crippen LogP contribution in [0, 0.1) is 11.8 Å². The summed E-state index contributed by atoms with van der Waals surface area (Å²) in [6, 6.07) is 0. The first kappa shape index (κ1) is 13.5. The molecule has 0 aromatic carbocycles. The molecule has 0 amide bonds. The van der Waals surface area contributed by atoms with E-state index in [0.717, 1.165) is 18.9 Å². The van der Waals surface area contributed by atoms with Crippen LogP contribution >= 0.6 is 0 Å². The molecule has 1 heterocycles. The molecule has 1 aliphatic rings. The summed E-state index contributed by atoms with van der Waals surface area (Å²) in [7, 11) is 0. The molecule has 0 aromatic rings. The van der Waals surface area contributed by atoms with Gasteiger partial charge in [0.05, 0.1) is 6.10 Å². The van der Waals surface area contributed by atoms with Crippen molar-refractivity contribution in [2.45, 2.75) is 53.1 Å². The first-order valence-electron chi connectivity index (χ1n) is 6.51. The largest absolute Gasteiger partial charge is 0.378 e. The Bertz CT molecular complexity index is 248. The van der Waals surface area contributed by atoms with E-state index in [2.05, 4.69) is 45.9 Å². The zero-order valence-electron chi connectivity index (χ0n) is 11.2. The van der Waals surface area contributed by atoms with Crippen molar-refractivity contribution in [3.63, 3.8) is 0 Å². The van der Waals surface area contributed by atoms with E-state index in [-0.39, 0.29) is 0 Å². The molecule has 1 aliphatic heterocycles. The molecule has 3 atom stereocenters. The van der Waals surface area contributed by atoms with E-state index in [4.69, 9.17) is 4.74 Å². The maximum Gasteiger partial charge on any atom is 0.0583 e. The molecule has 0 bridgehead atoms. The second-order valence-corrected chi connectivity index (χ2v) is 5.46. The molecular weight excluding hydrogens is 196 g/mol. The van der Waals surface area contributed by atoms with Crippen LogP contribution in [0.2, 0.25) is 0 Å². The standard InChI is InChI=1S/C15H26O/c1-12(2)6-5-7-13(3)10-15-11-14(4)8-9-16-15/h5-7,13-15H,8-11H2,1-4H3/b7-5-. The number of hydrogen-bond acceptors (Lipinski definition) is 1. The van der Waals surface area contributed by atoms with Crippen molar-refractivity contribution in [3.05, 3.63) is 23.8 Å². The molecule has 3 unspecified atom stereocenters. The van der Waals surface area contributed by atoms with Gasteiger partial charge in [-0.15, -0.1) is 0 Å². The second-order valence-electron chi connectivity index (χ2n) is 5.46. The molecule has 0 spiro atoms. The summed E-state index contributed by atoms with van der Waals surface area (Å²) in [5.41, 5.74) is 1.35. The highest BCUT2D eigenvalue weighted by Crippen LogP contribution is 2.24. The van der Waals surface area contributed by atoms with E-state index in [1.807, 2.05) is 0 Å². The molecule has 92 valence electrons. The van der Waals surface area contributed by atoms with E-state index < -0.39 is 0 Å². The Labute approximate surface area is 101 Å². The predicted octanol–water partition coefficient (Wildman–Crippen LogP) is 4.35. The van der Waals surface area contributed by atoms with Crippen LogP contribution in [0.3, 0.4) is 0 Å². The molecule has 0 saturated carbocycles. The Morgan fingerprint density at radius 3 is 2.81 bits per heavy atom. The van der Waals surface area contributed by atoms with Gasteiger partial charge in [-0.1, -0.05) is 37.6 Å². The molecule has 1 heteroatoms. The molecule has 1 rings (SSSR count). The van der Waals surface area contributed by atoms with Gasteiger partial charge in [-0.3, -0.25) is 0 Å². The maximum absolute atomic E-state index is 5.80. The van der Waals surface area contributed by atoms with Crippen molar-refractivity contribution in [2.24, 2.45) is 11.8 Å². The lowest BCUT2D eigenvalue weighted by Gasteiger charge is -2.28. The Hall–Kier alpha value is -0.560. The van der Waals surface area contributed by atoms with Crippen molar-refractivity contribution >= 4 is 0 Å². The van der Waals surface area contributed by atoms with Gasteiger partial charge in [0, 0.05) is 6.61 Å². The fourth-order valence-electron chi connectivity index (χ4n) is 2.17. The van der Waals surface area contributed by atoms with Crippen LogP contribution in [-0.4, -0.2) is 12.7 Å². The van der Waals surface area contributed by atoms with Crippen molar-refractivity contribution in [1.82, 2.24) is 0 Å². The molecule has 0 radical (unpaired) electrons. The van der Waals surface area contributed by atoms with Gasteiger partial charge in [-0.05, 0) is 44.9 Å². The van der Waals surface area contributed by atoms with Gasteiger partial charge in [-0.25, -0.2) is 0 Å². The Morgan fingerprint density at radius 1 is 1.44 bits per heavy atom. The van der Waals surface area contributed by atoms with Gasteiger partial charge in [0.1, 0.15) is 0 Å². The third-order valence-corrected chi connectivity index (χ3v) is 3.13. The zero-order valence-corrected chi connectivity index (χ0v) is 11.2. The third-order valence-electron chi connectivity index (χ3n) is 3.13. The van der Waals surface area contributed by atoms with Crippen molar-refractivity contribution < 1.29 is 4.74 Å². The monoisotopic (exact) mass is 222 g/mol. The highest BCUT2D eigenvalue weighted by molar-refractivity contribution is 5.09. The van der Waals surface area contributed by atoms with Gasteiger partial charge in [-0.2, -0.15) is 0 Å². The molecular formula is C15H26O. The fraction of sp³-hybridized carbons (Fsp3) is 0.733. The summed E-state index contributed by atoms with van der Waals surface area (Å²) in [6.07, 6.45) is 10.7. The van der Waals surface area contributed by atoms with Gasteiger partial charge in [0.2, 0.25) is 0 Å². The minimum absolute atomic E-state index is 0.482. The Morgan fingerprint density at radius 2 is 2.19 bits per heavy atom. The molecule has 16 heavy (non-hydrogen) atoms. The van der Waals surface area contributed by atoms with Crippen molar-refractivity contribution in [2.75, 3.05) is 6.61 Å². The number of allylic oxidation sites excluding steroid dienone is 4. The van der Waals surface area contributed by atoms with Crippen LogP contribution in [0.4, 0.5) is 0 Å². The quantitative estimate of drug-likeness (QED) is 0.643. The number of hydrogen-bond donors (Lipinski definition) is 0. The van der Waals surface area contributed by atoms with Crippen LogP contribution < -0.4 is 0 Å². The van der Waals surface area contributed by atoms with E-state index in [1.165, 1.54) is 18.4 Å². The van der Waals surface area contributed by atoms with Gasteiger partial charge in [0.25, 0.3) is 0 Å². The lowest BCUT2D eigenvalue weighted by atomic mass is 9.92. The lowest BCUT2D eigenvalue weighted by molar-refractivity contribution is -0.0139.